The summed E-state index contributed by atoms with van der Waals surface area (Å²) in [6.07, 6.45) is -2.94. The SMILES string of the molecule is Cc1cc(/C=C2\C(=N)N3C(c4ccc(F)cc4)=CSC3=NC2=O)c(C)n1-c1cccc(C(F)(F)F)c1. The van der Waals surface area contributed by atoms with Gasteiger partial charge in [0.25, 0.3) is 5.91 Å². The van der Waals surface area contributed by atoms with Crippen LogP contribution in [0.1, 0.15) is 28.1 Å². The van der Waals surface area contributed by atoms with E-state index in [1.54, 1.807) is 48.1 Å². The van der Waals surface area contributed by atoms with E-state index in [2.05, 4.69) is 4.99 Å². The highest BCUT2D eigenvalue weighted by Crippen LogP contribution is 2.38. The zero-order valence-corrected chi connectivity index (χ0v) is 19.8. The molecule has 0 radical (unpaired) electrons. The molecule has 0 fully saturated rings. The molecule has 3 aromatic rings. The standard InChI is InChI=1S/C26H18F4N4OS/c1-14-10-17(15(2)33(14)20-5-3-4-18(12-20)26(28,29)30)11-21-23(31)34-22(13-36-25(34)32-24(21)35)16-6-8-19(27)9-7-16/h3-13,31H,1-2H3/b21-11+,31-23?. The van der Waals surface area contributed by atoms with Crippen LogP contribution in [0.4, 0.5) is 17.6 Å². The summed E-state index contributed by atoms with van der Waals surface area (Å²) in [6.45, 7) is 3.49. The van der Waals surface area contributed by atoms with Crippen LogP contribution in [-0.4, -0.2) is 26.4 Å². The fraction of sp³-hybridized carbons (Fsp3) is 0.115. The summed E-state index contributed by atoms with van der Waals surface area (Å²) in [5, 5.41) is 10.8. The van der Waals surface area contributed by atoms with Crippen molar-refractivity contribution in [1.82, 2.24) is 9.47 Å². The molecule has 0 aliphatic carbocycles. The van der Waals surface area contributed by atoms with Crippen molar-refractivity contribution in [2.24, 2.45) is 4.99 Å². The summed E-state index contributed by atoms with van der Waals surface area (Å²) >= 11 is 1.19. The van der Waals surface area contributed by atoms with E-state index in [4.69, 9.17) is 5.41 Å². The summed E-state index contributed by atoms with van der Waals surface area (Å²) in [7, 11) is 0. The van der Waals surface area contributed by atoms with E-state index in [1.165, 1.54) is 40.9 Å². The van der Waals surface area contributed by atoms with Crippen molar-refractivity contribution < 1.29 is 22.4 Å². The summed E-state index contributed by atoms with van der Waals surface area (Å²) in [6, 6.07) is 12.6. The highest BCUT2D eigenvalue weighted by Gasteiger charge is 2.36. The molecular formula is C26H18F4N4OS. The Bertz CT molecular complexity index is 1510. The number of aliphatic imine (C=N–C) groups is 1. The number of rotatable bonds is 3. The largest absolute Gasteiger partial charge is 0.416 e. The number of nitrogens with one attached hydrogen (secondary N) is 1. The lowest BCUT2D eigenvalue weighted by atomic mass is 10.1. The highest BCUT2D eigenvalue weighted by molar-refractivity contribution is 8.17. The molecule has 0 saturated heterocycles. The third-order valence-electron chi connectivity index (χ3n) is 5.96. The Kier molecular flexibility index (Phi) is 5.71. The predicted octanol–water partition coefficient (Wildman–Crippen LogP) is 6.56. The van der Waals surface area contributed by atoms with Gasteiger partial charge in [-0.2, -0.15) is 18.2 Å². The minimum absolute atomic E-state index is 0.0403. The second kappa shape index (κ2) is 8.63. The molecule has 3 heterocycles. The third-order valence-corrected chi connectivity index (χ3v) is 6.78. The number of hydrogen-bond acceptors (Lipinski definition) is 3. The van der Waals surface area contributed by atoms with Gasteiger partial charge < -0.3 is 4.57 Å². The number of hydrogen-bond donors (Lipinski definition) is 1. The molecule has 2 aromatic carbocycles. The first-order valence-corrected chi connectivity index (χ1v) is 11.7. The van der Waals surface area contributed by atoms with Gasteiger partial charge in [0, 0.05) is 22.5 Å². The van der Waals surface area contributed by atoms with E-state index >= 15 is 0 Å². The van der Waals surface area contributed by atoms with Gasteiger partial charge in [-0.25, -0.2) is 4.39 Å². The molecular weight excluding hydrogens is 492 g/mol. The van der Waals surface area contributed by atoms with E-state index in [9.17, 15) is 22.4 Å². The molecule has 182 valence electrons. The maximum Gasteiger partial charge on any atom is 0.416 e. The molecule has 10 heteroatoms. The lowest BCUT2D eigenvalue weighted by molar-refractivity contribution is -0.137. The molecule has 0 spiro atoms. The normalized spacial score (nSPS) is 16.9. The summed E-state index contributed by atoms with van der Waals surface area (Å²) in [4.78, 5) is 18.5. The molecule has 0 saturated carbocycles. The number of halogens is 4. The molecule has 5 nitrogen and oxygen atoms in total. The third kappa shape index (κ3) is 4.07. The first-order valence-electron chi connectivity index (χ1n) is 10.8. The Hall–Kier alpha value is -3.92. The molecule has 0 unspecified atom stereocenters. The quantitative estimate of drug-likeness (QED) is 0.321. The van der Waals surface area contributed by atoms with Crippen LogP contribution in [0.5, 0.6) is 0 Å². The molecule has 1 N–H and O–H groups in total. The molecule has 5 rings (SSSR count). The van der Waals surface area contributed by atoms with Crippen molar-refractivity contribution in [2.75, 3.05) is 0 Å². The van der Waals surface area contributed by atoms with Crippen molar-refractivity contribution in [3.63, 3.8) is 0 Å². The van der Waals surface area contributed by atoms with Crippen LogP contribution in [0.3, 0.4) is 0 Å². The van der Waals surface area contributed by atoms with Crippen LogP contribution in [0, 0.1) is 25.1 Å². The average Bonchev–Trinajstić information content (AvgIpc) is 3.37. The van der Waals surface area contributed by atoms with Gasteiger partial charge >= 0.3 is 6.18 Å². The topological polar surface area (TPSA) is 61.5 Å². The Labute approximate surface area is 208 Å². The molecule has 0 atom stereocenters. The Morgan fingerprint density at radius 3 is 2.47 bits per heavy atom. The van der Waals surface area contributed by atoms with Crippen LogP contribution in [0.25, 0.3) is 17.5 Å². The van der Waals surface area contributed by atoms with Crippen molar-refractivity contribution in [3.05, 3.63) is 99.5 Å². The Morgan fingerprint density at radius 1 is 1.06 bits per heavy atom. The maximum absolute atomic E-state index is 13.4. The van der Waals surface area contributed by atoms with E-state index in [0.29, 0.717) is 39.1 Å². The number of nitrogens with zero attached hydrogens (tertiary/aromatic N) is 3. The van der Waals surface area contributed by atoms with Gasteiger partial charge in [-0.3, -0.25) is 15.1 Å². The minimum atomic E-state index is -4.47. The van der Waals surface area contributed by atoms with Gasteiger partial charge in [0.2, 0.25) is 0 Å². The predicted molar refractivity (Wildman–Crippen MR) is 132 cm³/mol. The second-order valence-electron chi connectivity index (χ2n) is 8.28. The van der Waals surface area contributed by atoms with Crippen LogP contribution >= 0.6 is 11.8 Å². The molecule has 1 aromatic heterocycles. The van der Waals surface area contributed by atoms with Crippen molar-refractivity contribution in [1.29, 1.82) is 5.41 Å². The number of amides is 1. The van der Waals surface area contributed by atoms with Gasteiger partial charge in [-0.15, -0.1) is 0 Å². The average molecular weight is 511 g/mol. The lowest BCUT2D eigenvalue weighted by Gasteiger charge is -2.27. The zero-order valence-electron chi connectivity index (χ0n) is 19.0. The molecule has 2 aliphatic heterocycles. The van der Waals surface area contributed by atoms with Gasteiger partial charge in [-0.05, 0) is 79.6 Å². The number of benzene rings is 2. The van der Waals surface area contributed by atoms with E-state index in [0.717, 1.165) is 12.1 Å². The van der Waals surface area contributed by atoms with E-state index in [1.807, 2.05) is 0 Å². The molecule has 36 heavy (non-hydrogen) atoms. The maximum atomic E-state index is 13.4. The number of carbonyl (C=O) groups is 1. The first-order chi connectivity index (χ1) is 17.0. The number of carbonyl (C=O) groups excluding carboxylic acids is 1. The van der Waals surface area contributed by atoms with Crippen LogP contribution in [0.15, 0.2) is 70.6 Å². The molecule has 1 amide bonds. The summed E-state index contributed by atoms with van der Waals surface area (Å²) in [5.41, 5.74) is 2.74. The van der Waals surface area contributed by atoms with Crippen molar-refractivity contribution >= 4 is 40.4 Å². The van der Waals surface area contributed by atoms with Gasteiger partial charge in [0.1, 0.15) is 11.7 Å². The molecule has 2 aliphatic rings. The number of aromatic nitrogens is 1. The second-order valence-corrected chi connectivity index (χ2v) is 9.12. The van der Waals surface area contributed by atoms with Gasteiger partial charge in [0.05, 0.1) is 16.8 Å². The van der Waals surface area contributed by atoms with Crippen LogP contribution < -0.4 is 0 Å². The number of amidine groups is 2. The van der Waals surface area contributed by atoms with Gasteiger partial charge in [0.15, 0.2) is 5.17 Å². The van der Waals surface area contributed by atoms with E-state index in [-0.39, 0.29) is 17.2 Å². The van der Waals surface area contributed by atoms with Crippen LogP contribution in [0.2, 0.25) is 0 Å². The monoisotopic (exact) mass is 510 g/mol. The van der Waals surface area contributed by atoms with Crippen molar-refractivity contribution in [3.8, 4) is 5.69 Å². The zero-order chi connectivity index (χ0) is 25.8. The van der Waals surface area contributed by atoms with E-state index < -0.39 is 17.6 Å². The number of thioether (sulfide) groups is 1. The minimum Gasteiger partial charge on any atom is -0.318 e. The Balaban J connectivity index is 1.53. The Morgan fingerprint density at radius 2 is 1.78 bits per heavy atom. The summed E-state index contributed by atoms with van der Waals surface area (Å²) < 4.78 is 54.8. The fourth-order valence-electron chi connectivity index (χ4n) is 4.23. The number of alkyl halides is 3. The highest BCUT2D eigenvalue weighted by atomic mass is 32.2. The van der Waals surface area contributed by atoms with Crippen molar-refractivity contribution in [2.45, 2.75) is 20.0 Å². The van der Waals surface area contributed by atoms with Gasteiger partial charge in [-0.1, -0.05) is 17.8 Å². The first kappa shape index (κ1) is 23.8. The van der Waals surface area contributed by atoms with Crippen LogP contribution in [-0.2, 0) is 11.0 Å². The lowest BCUT2D eigenvalue weighted by Crippen LogP contribution is -2.38. The fourth-order valence-corrected chi connectivity index (χ4v) is 5.12. The smallest absolute Gasteiger partial charge is 0.318 e. The molecule has 0 bridgehead atoms. The number of aryl methyl sites for hydroxylation is 1. The number of fused-ring (bicyclic) bond motifs is 1. The summed E-state index contributed by atoms with van der Waals surface area (Å²) in [5.74, 6) is -1.06.